The summed E-state index contributed by atoms with van der Waals surface area (Å²) in [7, 11) is -6.72. The molecule has 0 saturated heterocycles. The molecule has 13 heteroatoms. The summed E-state index contributed by atoms with van der Waals surface area (Å²) in [6.45, 7) is 21.9. The van der Waals surface area contributed by atoms with Crippen LogP contribution in [0.1, 0.15) is 83.1 Å². The van der Waals surface area contributed by atoms with E-state index in [1.54, 1.807) is 0 Å². The Hall–Kier alpha value is 0.982. The second kappa shape index (κ2) is 24.1. The molecule has 0 unspecified atom stereocenters. The van der Waals surface area contributed by atoms with Crippen molar-refractivity contribution in [1.29, 1.82) is 0 Å². The van der Waals surface area contributed by atoms with E-state index < -0.39 is 24.8 Å². The highest BCUT2D eigenvalue weighted by Gasteiger charge is 2.05. The summed E-state index contributed by atoms with van der Waals surface area (Å²) in [6, 6.07) is 0. The fourth-order valence-electron chi connectivity index (χ4n) is 1.24. The highest BCUT2D eigenvalue weighted by Crippen LogP contribution is 2.28. The molecular weight excluding hydrogens is 480 g/mol. The molecule has 0 rings (SSSR count). The first kappa shape index (κ1) is 39.2. The zero-order valence-corrected chi connectivity index (χ0v) is 25.4. The Kier molecular flexibility index (Phi) is 30.5. The molecule has 0 aromatic rings. The van der Waals surface area contributed by atoms with Gasteiger partial charge in [-0.3, -0.25) is 13.7 Å². The Labute approximate surface area is 202 Å². The molecule has 0 heterocycles. The first-order valence-corrected chi connectivity index (χ1v) is 13.9. The maximum atomic E-state index is 10.8. The second-order valence-corrected chi connectivity index (χ2v) is 10.7. The molecule has 0 atom stereocenters. The van der Waals surface area contributed by atoms with Crippen molar-refractivity contribution in [2.24, 2.45) is 0 Å². The zero-order chi connectivity index (χ0) is 24.4. The Morgan fingerprint density at radius 2 is 0.452 bits per heavy atom. The number of hydrogen-bond acceptors (Lipinski definition) is 9. The van der Waals surface area contributed by atoms with Gasteiger partial charge in [0.2, 0.25) is 0 Å². The van der Waals surface area contributed by atoms with Crippen molar-refractivity contribution >= 4 is 42.1 Å². The van der Waals surface area contributed by atoms with Crippen molar-refractivity contribution < 1.29 is 40.8 Å². The summed E-state index contributed by atoms with van der Waals surface area (Å²) < 4.78 is 61.7. The van der Waals surface area contributed by atoms with Gasteiger partial charge in [-0.2, -0.15) is 0 Å². The topological polar surface area (TPSA) is 107 Å². The SMILES string of the molecule is CC(C)O[PH](=O)OC(C)C.CC(C)O[PH](=O)OC(C)C.CC(C)O[PH](=O)OC(C)C.[Al]. The van der Waals surface area contributed by atoms with Gasteiger partial charge in [0.25, 0.3) is 0 Å². The van der Waals surface area contributed by atoms with Gasteiger partial charge in [0, 0.05) is 17.4 Å². The summed E-state index contributed by atoms with van der Waals surface area (Å²) in [4.78, 5) is 0. The monoisotopic (exact) mass is 525 g/mol. The van der Waals surface area contributed by atoms with Crippen LogP contribution in [0.4, 0.5) is 0 Å². The van der Waals surface area contributed by atoms with Crippen LogP contribution in [0.15, 0.2) is 0 Å². The minimum absolute atomic E-state index is 0. The molecule has 0 aromatic carbocycles. The van der Waals surface area contributed by atoms with Gasteiger partial charge in [-0.05, 0) is 83.1 Å². The predicted molar refractivity (Wildman–Crippen MR) is 130 cm³/mol. The summed E-state index contributed by atoms with van der Waals surface area (Å²) in [5.74, 6) is 0. The lowest BCUT2D eigenvalue weighted by atomic mass is 10.5. The van der Waals surface area contributed by atoms with Crippen LogP contribution in [-0.2, 0) is 40.8 Å². The summed E-state index contributed by atoms with van der Waals surface area (Å²) in [6.07, 6.45) is -0.138. The molecule has 0 aliphatic heterocycles. The van der Waals surface area contributed by atoms with Crippen molar-refractivity contribution in [3.63, 3.8) is 0 Å². The predicted octanol–water partition coefficient (Wildman–Crippen LogP) is 6.30. The fraction of sp³-hybridized carbons (Fsp3) is 1.00. The maximum absolute atomic E-state index is 10.8. The number of hydrogen-bond donors (Lipinski definition) is 0. The highest BCUT2D eigenvalue weighted by molar-refractivity contribution is 7.33. The van der Waals surface area contributed by atoms with Crippen LogP contribution in [0.2, 0.25) is 0 Å². The lowest BCUT2D eigenvalue weighted by Crippen LogP contribution is -2.00. The first-order chi connectivity index (χ1) is 13.6. The normalized spacial score (nSPS) is 11.5. The lowest BCUT2D eigenvalue weighted by molar-refractivity contribution is 0.160. The Morgan fingerprint density at radius 1 is 0.355 bits per heavy atom. The number of rotatable bonds is 12. The third kappa shape index (κ3) is 41.7. The molecule has 0 fully saturated rings. The van der Waals surface area contributed by atoms with Crippen LogP contribution in [0.3, 0.4) is 0 Å². The van der Waals surface area contributed by atoms with Gasteiger partial charge in [0.05, 0.1) is 36.6 Å². The van der Waals surface area contributed by atoms with Crippen molar-refractivity contribution in [1.82, 2.24) is 0 Å². The van der Waals surface area contributed by atoms with Crippen LogP contribution in [0.5, 0.6) is 0 Å². The van der Waals surface area contributed by atoms with Gasteiger partial charge in [-0.1, -0.05) is 0 Å². The highest BCUT2D eigenvalue weighted by atomic mass is 31.1. The largest absolute Gasteiger partial charge is 0.319 e. The van der Waals surface area contributed by atoms with E-state index in [0.29, 0.717) is 0 Å². The van der Waals surface area contributed by atoms with Crippen molar-refractivity contribution in [3.05, 3.63) is 0 Å². The van der Waals surface area contributed by atoms with Crippen LogP contribution in [0.25, 0.3) is 0 Å². The summed E-state index contributed by atoms with van der Waals surface area (Å²) in [5, 5.41) is 0. The van der Waals surface area contributed by atoms with Gasteiger partial charge in [-0.25, -0.2) is 0 Å². The van der Waals surface area contributed by atoms with E-state index in [2.05, 4.69) is 0 Å². The molecule has 0 N–H and O–H groups in total. The third-order valence-corrected chi connectivity index (χ3v) is 5.97. The molecule has 0 bridgehead atoms. The van der Waals surface area contributed by atoms with E-state index >= 15 is 0 Å². The van der Waals surface area contributed by atoms with E-state index in [1.807, 2.05) is 83.1 Å². The quantitative estimate of drug-likeness (QED) is 0.214. The van der Waals surface area contributed by atoms with E-state index in [-0.39, 0.29) is 54.0 Å². The molecule has 0 aromatic heterocycles. The zero-order valence-electron chi connectivity index (χ0n) is 21.2. The Balaban J connectivity index is -0.000000174. The van der Waals surface area contributed by atoms with Gasteiger partial charge in [-0.15, -0.1) is 0 Å². The molecule has 0 saturated carbocycles. The first-order valence-electron chi connectivity index (χ1n) is 10.2. The standard InChI is InChI=1S/3C6H15O3P.Al/c3*1-5(2)8-10(7)9-6(3)4;/h3*5-6,10H,1-4H3;. The minimum Gasteiger partial charge on any atom is -0.308 e. The molecule has 0 amide bonds. The summed E-state index contributed by atoms with van der Waals surface area (Å²) in [5.41, 5.74) is 0. The van der Waals surface area contributed by atoms with Crippen LogP contribution < -0.4 is 0 Å². The molecule has 9 nitrogen and oxygen atoms in total. The van der Waals surface area contributed by atoms with Crippen molar-refractivity contribution in [2.75, 3.05) is 0 Å². The molecule has 0 spiro atoms. The van der Waals surface area contributed by atoms with Crippen molar-refractivity contribution in [2.45, 2.75) is 120 Å². The fourth-order valence-corrected chi connectivity index (χ4v) is 3.71. The molecular formula is C18H45AlO9P3. The molecule has 31 heavy (non-hydrogen) atoms. The molecule has 0 aliphatic carbocycles. The average Bonchev–Trinajstić information content (AvgIpc) is 2.42. The van der Waals surface area contributed by atoms with E-state index in [9.17, 15) is 13.7 Å². The maximum Gasteiger partial charge on any atom is 0.319 e. The lowest BCUT2D eigenvalue weighted by Gasteiger charge is -2.09. The van der Waals surface area contributed by atoms with E-state index in [0.717, 1.165) is 0 Å². The van der Waals surface area contributed by atoms with Gasteiger partial charge >= 0.3 is 24.8 Å². The van der Waals surface area contributed by atoms with Crippen molar-refractivity contribution in [3.8, 4) is 0 Å². The van der Waals surface area contributed by atoms with Crippen LogP contribution in [-0.4, -0.2) is 54.0 Å². The smallest absolute Gasteiger partial charge is 0.308 e. The minimum atomic E-state index is -2.24. The van der Waals surface area contributed by atoms with Gasteiger partial charge < -0.3 is 27.1 Å². The second-order valence-electron chi connectivity index (χ2n) is 7.75. The molecule has 189 valence electrons. The van der Waals surface area contributed by atoms with Crippen LogP contribution in [0, 0.1) is 0 Å². The van der Waals surface area contributed by atoms with Gasteiger partial charge in [0.15, 0.2) is 0 Å². The average molecular weight is 525 g/mol. The Bertz CT molecular complexity index is 372. The van der Waals surface area contributed by atoms with Crippen LogP contribution >= 0.6 is 24.8 Å². The third-order valence-electron chi connectivity index (χ3n) is 1.99. The van der Waals surface area contributed by atoms with E-state index in [1.165, 1.54) is 0 Å². The summed E-state index contributed by atoms with van der Waals surface area (Å²) >= 11 is 0. The molecule has 3 radical (unpaired) electrons. The Morgan fingerprint density at radius 3 is 0.516 bits per heavy atom. The van der Waals surface area contributed by atoms with E-state index in [4.69, 9.17) is 27.1 Å². The van der Waals surface area contributed by atoms with Gasteiger partial charge in [0.1, 0.15) is 0 Å². The molecule has 0 aliphatic rings.